The number of unbranched alkanes of at least 4 members (excludes halogenated alkanes) is 1. The minimum absolute atomic E-state index is 0.00251. The summed E-state index contributed by atoms with van der Waals surface area (Å²) >= 11 is 1.82. The number of rotatable bonds is 10. The number of sulfonamides is 1. The molecule has 9 rings (SSSR count). The fraction of sp³-hybridized carbons (Fsp3) is 0.735. The van der Waals surface area contributed by atoms with Crippen LogP contribution in [0.3, 0.4) is 0 Å². The van der Waals surface area contributed by atoms with Gasteiger partial charge in [0.25, 0.3) is 10.0 Å². The second-order valence-corrected chi connectivity index (χ2v) is 18.3. The summed E-state index contributed by atoms with van der Waals surface area (Å²) in [4.78, 5) is 50.1. The molecular formula is C34H46N4O8S2. The number of benzene rings is 1. The summed E-state index contributed by atoms with van der Waals surface area (Å²) in [6, 6.07) is 6.53. The Hall–Kier alpha value is -2.39. The largest absolute Gasteiger partial charge is 0.352 e. The van der Waals surface area contributed by atoms with E-state index < -0.39 is 32.9 Å². The second-order valence-electron chi connectivity index (χ2n) is 15.3. The van der Waals surface area contributed by atoms with Gasteiger partial charge in [0.2, 0.25) is 23.4 Å². The maximum Gasteiger partial charge on any atom is 0.315 e. The highest BCUT2D eigenvalue weighted by atomic mass is 32.2. The van der Waals surface area contributed by atoms with Gasteiger partial charge < -0.3 is 20.7 Å². The Morgan fingerprint density at radius 2 is 1.79 bits per heavy atom. The summed E-state index contributed by atoms with van der Waals surface area (Å²) in [7, 11) is -4.06. The number of carbonyl (C=O) groups excluding carboxylic acids is 3. The van der Waals surface area contributed by atoms with Crippen LogP contribution in [0.4, 0.5) is 4.79 Å². The number of hydrogen-bond acceptors (Lipinski definition) is 9. The minimum atomic E-state index is -4.06. The summed E-state index contributed by atoms with van der Waals surface area (Å²) in [5, 5.41) is 9.30. The number of thioether (sulfide) groups is 1. The molecule has 8 aliphatic rings. The Morgan fingerprint density at radius 3 is 2.58 bits per heavy atom. The molecule has 5 atom stereocenters. The van der Waals surface area contributed by atoms with Crippen LogP contribution in [0.5, 0.6) is 0 Å². The average molecular weight is 703 g/mol. The molecule has 4 bridgehead atoms. The molecule has 48 heavy (non-hydrogen) atoms. The third-order valence-electron chi connectivity index (χ3n) is 12.1. The monoisotopic (exact) mass is 702 g/mol. The van der Waals surface area contributed by atoms with Crippen molar-refractivity contribution in [3.05, 3.63) is 29.8 Å². The third-order valence-corrected chi connectivity index (χ3v) is 15.0. The van der Waals surface area contributed by atoms with Crippen molar-refractivity contribution in [2.45, 2.75) is 130 Å². The van der Waals surface area contributed by atoms with E-state index >= 15 is 0 Å². The Morgan fingerprint density at radius 1 is 1.00 bits per heavy atom. The molecule has 4 amide bonds. The molecule has 5 aliphatic carbocycles. The molecule has 262 valence electrons. The van der Waals surface area contributed by atoms with Crippen molar-refractivity contribution in [2.24, 2.45) is 23.2 Å². The highest BCUT2D eigenvalue weighted by molar-refractivity contribution is 8.00. The van der Waals surface area contributed by atoms with E-state index in [9.17, 15) is 22.8 Å². The molecule has 5 saturated carbocycles. The SMILES string of the molecule is O=C(CCCC[C@@H]1SC[C@@H]2NC(=O)N[C@@H]21)NS(=O)(=O)c1cccc(CNC(=O)C23CC4CC(C2)C2(OOC5(CCCCC5)O2)C(C4)C3)c1. The average Bonchev–Trinajstić information content (AvgIpc) is 3.74. The molecule has 0 radical (unpaired) electrons. The molecule has 2 unspecified atom stereocenters. The van der Waals surface area contributed by atoms with E-state index in [1.54, 1.807) is 12.1 Å². The van der Waals surface area contributed by atoms with E-state index in [0.29, 0.717) is 36.0 Å². The number of carbonyl (C=O) groups is 3. The van der Waals surface area contributed by atoms with Crippen molar-refractivity contribution < 1.29 is 37.3 Å². The van der Waals surface area contributed by atoms with Crippen LogP contribution in [0.1, 0.15) is 95.5 Å². The van der Waals surface area contributed by atoms with Gasteiger partial charge in [0, 0.05) is 48.6 Å². The quantitative estimate of drug-likeness (QED) is 0.161. The van der Waals surface area contributed by atoms with Gasteiger partial charge in [-0.2, -0.15) is 21.5 Å². The van der Waals surface area contributed by atoms with Crippen molar-refractivity contribution >= 4 is 39.6 Å². The van der Waals surface area contributed by atoms with E-state index in [1.807, 2.05) is 11.8 Å². The second kappa shape index (κ2) is 12.4. The van der Waals surface area contributed by atoms with E-state index in [1.165, 1.54) is 18.6 Å². The lowest BCUT2D eigenvalue weighted by molar-refractivity contribution is -0.393. The fourth-order valence-electron chi connectivity index (χ4n) is 9.98. The molecule has 2 spiro atoms. The Kier molecular flexibility index (Phi) is 8.49. The summed E-state index contributed by atoms with van der Waals surface area (Å²) in [6.45, 7) is 0.194. The first-order chi connectivity index (χ1) is 23.1. The first-order valence-corrected chi connectivity index (χ1v) is 20.3. The third kappa shape index (κ3) is 5.92. The van der Waals surface area contributed by atoms with Crippen LogP contribution in [0.2, 0.25) is 0 Å². The predicted molar refractivity (Wildman–Crippen MR) is 175 cm³/mol. The normalized spacial score (nSPS) is 37.4. The molecule has 14 heteroatoms. The topological polar surface area (TPSA) is 161 Å². The van der Waals surface area contributed by atoms with Crippen molar-refractivity contribution in [3.63, 3.8) is 0 Å². The molecule has 4 N–H and O–H groups in total. The van der Waals surface area contributed by atoms with Gasteiger partial charge in [0.05, 0.1) is 22.4 Å². The Labute approximate surface area is 285 Å². The van der Waals surface area contributed by atoms with Crippen LogP contribution in [-0.2, 0) is 40.7 Å². The van der Waals surface area contributed by atoms with E-state index in [2.05, 4.69) is 20.7 Å². The predicted octanol–water partition coefficient (Wildman–Crippen LogP) is 3.99. The molecule has 3 saturated heterocycles. The summed E-state index contributed by atoms with van der Waals surface area (Å²) in [5.74, 6) is -0.397. The van der Waals surface area contributed by atoms with Gasteiger partial charge in [0.15, 0.2) is 0 Å². The number of fused-ring (bicyclic) bond motifs is 1. The standard InChI is InChI=1S/C34H46N4O8S2/c39-28(10-3-2-9-27-29-26(20-47-27)36-31(41)37-29)38-48(42,43)25-8-6-7-21(15-25)19-35-30(40)32-16-22-13-23(17-32)34(24(14-22)18-32)44-33(45-46-34)11-4-1-5-12-33/h6-8,15,22-24,26-27,29H,1-5,9-14,16-20H2,(H,35,40)(H,38,39)(H2,36,37,41)/t22?,23?,24?,26-,27-,29-,32?,34?/m0/s1. The van der Waals surface area contributed by atoms with Crippen LogP contribution in [-0.4, -0.2) is 60.9 Å². The van der Waals surface area contributed by atoms with E-state index in [-0.39, 0.29) is 53.7 Å². The summed E-state index contributed by atoms with van der Waals surface area (Å²) < 4.78 is 35.2. The van der Waals surface area contributed by atoms with Gasteiger partial charge in [-0.1, -0.05) is 25.0 Å². The first-order valence-electron chi connectivity index (χ1n) is 17.8. The number of ether oxygens (including phenoxy) is 1. The zero-order chi connectivity index (χ0) is 33.1. The highest BCUT2D eigenvalue weighted by Crippen LogP contribution is 2.67. The summed E-state index contributed by atoms with van der Waals surface area (Å²) in [5.41, 5.74) is 0.157. The van der Waals surface area contributed by atoms with E-state index in [0.717, 1.165) is 63.5 Å². The van der Waals surface area contributed by atoms with Gasteiger partial charge in [-0.15, -0.1) is 0 Å². The van der Waals surface area contributed by atoms with Crippen molar-refractivity contribution in [2.75, 3.05) is 5.75 Å². The maximum atomic E-state index is 13.9. The zero-order valence-electron chi connectivity index (χ0n) is 27.2. The van der Waals surface area contributed by atoms with Gasteiger partial charge in [0.1, 0.15) is 0 Å². The number of nitrogens with one attached hydrogen (secondary N) is 4. The molecule has 3 heterocycles. The fourth-order valence-corrected chi connectivity index (χ4v) is 12.6. The van der Waals surface area contributed by atoms with Gasteiger partial charge >= 0.3 is 6.03 Å². The van der Waals surface area contributed by atoms with Gasteiger partial charge in [-0.25, -0.2) is 17.9 Å². The Balaban J connectivity index is 0.833. The molecule has 12 nitrogen and oxygen atoms in total. The van der Waals surface area contributed by atoms with Crippen LogP contribution in [0.15, 0.2) is 29.2 Å². The first kappa shape index (κ1) is 32.8. The molecule has 8 fully saturated rings. The van der Waals surface area contributed by atoms with Crippen LogP contribution >= 0.6 is 11.8 Å². The van der Waals surface area contributed by atoms with Gasteiger partial charge in [-0.3, -0.25) is 9.59 Å². The zero-order valence-corrected chi connectivity index (χ0v) is 28.8. The van der Waals surface area contributed by atoms with Crippen LogP contribution in [0, 0.1) is 23.2 Å². The lowest BCUT2D eigenvalue weighted by Gasteiger charge is -2.61. The van der Waals surface area contributed by atoms with Crippen LogP contribution < -0.4 is 20.7 Å². The number of urea groups is 1. The number of hydrogen-bond donors (Lipinski definition) is 4. The summed E-state index contributed by atoms with van der Waals surface area (Å²) in [6.07, 6.45) is 11.5. The lowest BCUT2D eigenvalue weighted by Crippen LogP contribution is -2.65. The van der Waals surface area contributed by atoms with Crippen molar-refractivity contribution in [1.82, 2.24) is 20.7 Å². The highest BCUT2D eigenvalue weighted by Gasteiger charge is 2.70. The molecular weight excluding hydrogens is 657 g/mol. The maximum absolute atomic E-state index is 13.9. The van der Waals surface area contributed by atoms with Crippen molar-refractivity contribution in [3.8, 4) is 0 Å². The molecule has 3 aliphatic heterocycles. The van der Waals surface area contributed by atoms with Gasteiger partial charge in [-0.05, 0) is 81.4 Å². The number of amides is 4. The van der Waals surface area contributed by atoms with Crippen LogP contribution in [0.25, 0.3) is 0 Å². The van der Waals surface area contributed by atoms with Crippen molar-refractivity contribution in [1.29, 1.82) is 0 Å². The molecule has 1 aromatic rings. The minimum Gasteiger partial charge on any atom is -0.352 e. The van der Waals surface area contributed by atoms with E-state index in [4.69, 9.17) is 14.5 Å². The Bertz CT molecular complexity index is 1550. The smallest absolute Gasteiger partial charge is 0.315 e. The lowest BCUT2D eigenvalue weighted by atomic mass is 9.47. The molecule has 1 aromatic carbocycles. The molecule has 0 aromatic heterocycles.